The van der Waals surface area contributed by atoms with Crippen molar-refractivity contribution in [2.24, 2.45) is 0 Å². The van der Waals surface area contributed by atoms with E-state index in [9.17, 15) is 9.70 Å². The molecule has 0 aromatic carbocycles. The summed E-state index contributed by atoms with van der Waals surface area (Å²) in [6, 6.07) is 0. The molecule has 0 saturated carbocycles. The molecule has 0 aliphatic heterocycles. The van der Waals surface area contributed by atoms with Crippen molar-refractivity contribution in [3.63, 3.8) is 0 Å². The van der Waals surface area contributed by atoms with Gasteiger partial charge in [0, 0.05) is 21.3 Å². The first-order chi connectivity index (χ1) is 7.56. The average molecular weight is 220 g/mol. The molecule has 0 saturated heterocycles. The third-order valence-electron chi connectivity index (χ3n) is 2.86. The van der Waals surface area contributed by atoms with Crippen molar-refractivity contribution in [1.82, 2.24) is 0 Å². The number of likely N-dealkylation sites (N-methyl/N-ethyl adjacent to an activating group) is 1. The lowest BCUT2D eigenvalue weighted by Crippen LogP contribution is -2.22. The molecule has 3 heteroatoms. The molecule has 1 aliphatic carbocycles. The SMILES string of the molecule is C=C1C(=O)C([N+](=O)CC)=CC(CC)=C1CC. The Morgan fingerprint density at radius 1 is 1.25 bits per heavy atom. The molecule has 16 heavy (non-hydrogen) atoms. The Hall–Kier alpha value is -1.51. The molecule has 0 N–H and O–H groups in total. The van der Waals surface area contributed by atoms with Crippen molar-refractivity contribution in [1.29, 1.82) is 0 Å². The standard InChI is InChI=1S/C13H18NO2/c1-5-10-8-12(14(16)7-3)13(15)9(4)11(10)6-2/h8H,4-7H2,1-3H3/q+1. The van der Waals surface area contributed by atoms with Crippen LogP contribution in [0.3, 0.4) is 0 Å². The van der Waals surface area contributed by atoms with Crippen LogP contribution in [-0.4, -0.2) is 17.1 Å². The molecule has 86 valence electrons. The highest BCUT2D eigenvalue weighted by atomic mass is 16.3. The predicted octanol–water partition coefficient (Wildman–Crippen LogP) is 2.92. The Labute approximate surface area is 96.1 Å². The minimum atomic E-state index is -0.231. The summed E-state index contributed by atoms with van der Waals surface area (Å²) in [5.74, 6) is -0.231. The lowest BCUT2D eigenvalue weighted by Gasteiger charge is -2.15. The maximum Gasteiger partial charge on any atom is 0.303 e. The Morgan fingerprint density at radius 2 is 1.88 bits per heavy atom. The average Bonchev–Trinajstić information content (AvgIpc) is 2.31. The highest BCUT2D eigenvalue weighted by Gasteiger charge is 2.32. The fourth-order valence-electron chi connectivity index (χ4n) is 1.91. The van der Waals surface area contributed by atoms with Crippen LogP contribution in [0, 0.1) is 4.91 Å². The van der Waals surface area contributed by atoms with Gasteiger partial charge < -0.3 is 0 Å². The lowest BCUT2D eigenvalue weighted by atomic mass is 9.87. The number of nitroso groups, excluding NO2 is 1. The van der Waals surface area contributed by atoms with E-state index in [0.717, 1.165) is 28.7 Å². The van der Waals surface area contributed by atoms with Gasteiger partial charge in [0.25, 0.3) is 5.78 Å². The highest BCUT2D eigenvalue weighted by Crippen LogP contribution is 2.29. The molecule has 1 aliphatic rings. The van der Waals surface area contributed by atoms with Crippen molar-refractivity contribution in [2.75, 3.05) is 6.54 Å². The summed E-state index contributed by atoms with van der Waals surface area (Å²) >= 11 is 0. The molecule has 0 radical (unpaired) electrons. The number of carbonyl (C=O) groups excluding carboxylic acids is 1. The monoisotopic (exact) mass is 220 g/mol. The maximum absolute atomic E-state index is 11.9. The molecule has 1 rings (SSSR count). The van der Waals surface area contributed by atoms with Gasteiger partial charge in [0.15, 0.2) is 6.54 Å². The van der Waals surface area contributed by atoms with Gasteiger partial charge in [-0.25, -0.2) is 0 Å². The molecule has 0 atom stereocenters. The van der Waals surface area contributed by atoms with Crippen LogP contribution in [0.2, 0.25) is 0 Å². The summed E-state index contributed by atoms with van der Waals surface area (Å²) < 4.78 is 0.732. The molecule has 0 fully saturated rings. The molecule has 0 amide bonds. The van der Waals surface area contributed by atoms with Crippen LogP contribution < -0.4 is 0 Å². The summed E-state index contributed by atoms with van der Waals surface area (Å²) in [6.45, 7) is 9.82. The van der Waals surface area contributed by atoms with Crippen molar-refractivity contribution in [3.05, 3.63) is 40.0 Å². The lowest BCUT2D eigenvalue weighted by molar-refractivity contribution is -0.488. The minimum Gasteiger partial charge on any atom is -0.282 e. The number of hydrogen-bond donors (Lipinski definition) is 0. The molecule has 0 heterocycles. The summed E-state index contributed by atoms with van der Waals surface area (Å²) in [7, 11) is 0. The van der Waals surface area contributed by atoms with Crippen LogP contribution in [0.15, 0.2) is 35.1 Å². The zero-order valence-electron chi connectivity index (χ0n) is 10.2. The van der Waals surface area contributed by atoms with E-state index in [-0.39, 0.29) is 18.0 Å². The first-order valence-corrected chi connectivity index (χ1v) is 5.69. The van der Waals surface area contributed by atoms with E-state index in [2.05, 4.69) is 6.58 Å². The van der Waals surface area contributed by atoms with E-state index in [4.69, 9.17) is 0 Å². The largest absolute Gasteiger partial charge is 0.303 e. The van der Waals surface area contributed by atoms with E-state index < -0.39 is 0 Å². The summed E-state index contributed by atoms with van der Waals surface area (Å²) in [4.78, 5) is 23.5. The topological polar surface area (TPSA) is 37.1 Å². The molecule has 3 nitrogen and oxygen atoms in total. The van der Waals surface area contributed by atoms with Gasteiger partial charge in [0.1, 0.15) is 0 Å². The van der Waals surface area contributed by atoms with Gasteiger partial charge >= 0.3 is 5.70 Å². The highest BCUT2D eigenvalue weighted by molar-refractivity contribution is 6.11. The number of rotatable bonds is 4. The second-order valence-electron chi connectivity index (χ2n) is 3.74. The number of carbonyl (C=O) groups is 1. The van der Waals surface area contributed by atoms with Crippen molar-refractivity contribution in [3.8, 4) is 0 Å². The van der Waals surface area contributed by atoms with Crippen LogP contribution in [0.25, 0.3) is 0 Å². The predicted molar refractivity (Wildman–Crippen MR) is 64.0 cm³/mol. The van der Waals surface area contributed by atoms with Gasteiger partial charge in [-0.2, -0.15) is 0 Å². The second kappa shape index (κ2) is 5.01. The third-order valence-corrected chi connectivity index (χ3v) is 2.86. The van der Waals surface area contributed by atoms with Crippen LogP contribution in [0.1, 0.15) is 33.6 Å². The third kappa shape index (κ3) is 2.03. The Morgan fingerprint density at radius 3 is 2.31 bits per heavy atom. The molecule has 0 aromatic heterocycles. The van der Waals surface area contributed by atoms with E-state index in [1.54, 1.807) is 13.0 Å². The fraction of sp³-hybridized carbons (Fsp3) is 0.462. The van der Waals surface area contributed by atoms with Gasteiger partial charge in [-0.3, -0.25) is 4.79 Å². The number of hydrogen-bond acceptors (Lipinski definition) is 2. The van der Waals surface area contributed by atoms with E-state index in [1.807, 2.05) is 13.8 Å². The second-order valence-corrected chi connectivity index (χ2v) is 3.74. The Bertz CT molecular complexity index is 414. The van der Waals surface area contributed by atoms with E-state index in [1.165, 1.54) is 0 Å². The van der Waals surface area contributed by atoms with Crippen LogP contribution >= 0.6 is 0 Å². The quantitative estimate of drug-likeness (QED) is 0.539. The van der Waals surface area contributed by atoms with Crippen LogP contribution in [0.4, 0.5) is 0 Å². The van der Waals surface area contributed by atoms with Gasteiger partial charge in [0.2, 0.25) is 0 Å². The summed E-state index contributed by atoms with van der Waals surface area (Å²) in [5.41, 5.74) is 2.74. The number of Topliss-reactive ketones (excluding diaryl/α,β-unsaturated/α-hetero) is 1. The number of nitrogens with zero attached hydrogens (tertiary/aromatic N) is 1. The van der Waals surface area contributed by atoms with E-state index in [0.29, 0.717) is 5.57 Å². The number of allylic oxidation sites excluding steroid dienone is 4. The molecule has 0 aromatic rings. The maximum atomic E-state index is 11.9. The fourth-order valence-corrected chi connectivity index (χ4v) is 1.91. The Balaban J connectivity index is 3.28. The van der Waals surface area contributed by atoms with Crippen LogP contribution in [-0.2, 0) is 4.79 Å². The van der Waals surface area contributed by atoms with Crippen molar-refractivity contribution < 1.29 is 9.55 Å². The van der Waals surface area contributed by atoms with Crippen molar-refractivity contribution in [2.45, 2.75) is 33.6 Å². The minimum absolute atomic E-state index is 0.224. The number of ketones is 1. The first-order valence-electron chi connectivity index (χ1n) is 5.69. The molecular formula is C13H18NO2+. The van der Waals surface area contributed by atoms with Crippen LogP contribution in [0.5, 0.6) is 0 Å². The summed E-state index contributed by atoms with van der Waals surface area (Å²) in [5, 5.41) is 0. The first kappa shape index (κ1) is 12.6. The zero-order chi connectivity index (χ0) is 12.3. The van der Waals surface area contributed by atoms with Crippen molar-refractivity contribution >= 4 is 5.78 Å². The molecule has 0 bridgehead atoms. The van der Waals surface area contributed by atoms with E-state index >= 15 is 0 Å². The summed E-state index contributed by atoms with van der Waals surface area (Å²) in [6.07, 6.45) is 3.31. The Kier molecular flexibility index (Phi) is 3.93. The van der Waals surface area contributed by atoms with Gasteiger partial charge in [-0.1, -0.05) is 20.4 Å². The zero-order valence-corrected chi connectivity index (χ0v) is 10.2. The molecular weight excluding hydrogens is 202 g/mol. The van der Waals surface area contributed by atoms with Gasteiger partial charge in [0.05, 0.1) is 0 Å². The van der Waals surface area contributed by atoms with Gasteiger partial charge in [-0.05, 0) is 30.9 Å². The smallest absolute Gasteiger partial charge is 0.282 e. The molecule has 0 unspecified atom stereocenters. The normalized spacial score (nSPS) is 16.6. The molecule has 0 spiro atoms. The van der Waals surface area contributed by atoms with Gasteiger partial charge in [-0.15, -0.1) is 0 Å².